The lowest BCUT2D eigenvalue weighted by molar-refractivity contribution is 0.135. The SMILES string of the molecule is CC1CCCC2(CCNCC2c2cccc(Cl)c2)CC1. The van der Waals surface area contributed by atoms with Crippen molar-refractivity contribution in [3.63, 3.8) is 0 Å². The molecule has 2 fully saturated rings. The third-order valence-electron chi connectivity index (χ3n) is 5.64. The Balaban J connectivity index is 1.90. The standard InChI is InChI=1S/C18H26ClN/c1-14-4-3-8-18(9-7-14)10-11-20-13-17(18)15-5-2-6-16(19)12-15/h2,5-6,12,14,17,20H,3-4,7-11,13H2,1H3. The zero-order chi connectivity index (χ0) is 14.0. The predicted octanol–water partition coefficient (Wildman–Crippen LogP) is 5.00. The third kappa shape index (κ3) is 2.89. The summed E-state index contributed by atoms with van der Waals surface area (Å²) in [4.78, 5) is 0. The third-order valence-corrected chi connectivity index (χ3v) is 5.88. The zero-order valence-corrected chi connectivity index (χ0v) is 13.3. The molecule has 3 rings (SSSR count). The lowest BCUT2D eigenvalue weighted by atomic mass is 9.63. The molecule has 1 heterocycles. The van der Waals surface area contributed by atoms with E-state index in [1.165, 1.54) is 50.6 Å². The number of nitrogens with one attached hydrogen (secondary N) is 1. The highest BCUT2D eigenvalue weighted by molar-refractivity contribution is 6.30. The summed E-state index contributed by atoms with van der Waals surface area (Å²) in [5.74, 6) is 1.55. The molecule has 1 spiro atoms. The molecule has 1 aliphatic carbocycles. The van der Waals surface area contributed by atoms with Crippen LogP contribution in [0.4, 0.5) is 0 Å². The van der Waals surface area contributed by atoms with Gasteiger partial charge >= 0.3 is 0 Å². The number of halogens is 1. The van der Waals surface area contributed by atoms with Crippen molar-refractivity contribution in [2.45, 2.75) is 51.4 Å². The second kappa shape index (κ2) is 6.07. The van der Waals surface area contributed by atoms with Gasteiger partial charge in [0, 0.05) is 17.5 Å². The minimum Gasteiger partial charge on any atom is -0.316 e. The van der Waals surface area contributed by atoms with Crippen LogP contribution in [0.15, 0.2) is 24.3 Å². The van der Waals surface area contributed by atoms with Crippen LogP contribution in [0.3, 0.4) is 0 Å². The van der Waals surface area contributed by atoms with E-state index >= 15 is 0 Å². The van der Waals surface area contributed by atoms with E-state index in [4.69, 9.17) is 11.6 Å². The first-order valence-electron chi connectivity index (χ1n) is 8.16. The number of piperidine rings is 1. The second-order valence-corrected chi connectivity index (χ2v) is 7.40. The first-order chi connectivity index (χ1) is 9.70. The molecule has 3 atom stereocenters. The average molecular weight is 292 g/mol. The fourth-order valence-corrected chi connectivity index (χ4v) is 4.57. The van der Waals surface area contributed by atoms with Gasteiger partial charge in [0.05, 0.1) is 0 Å². The summed E-state index contributed by atoms with van der Waals surface area (Å²) >= 11 is 6.23. The van der Waals surface area contributed by atoms with Crippen molar-refractivity contribution in [3.8, 4) is 0 Å². The summed E-state index contributed by atoms with van der Waals surface area (Å²) in [5.41, 5.74) is 1.96. The normalized spacial score (nSPS) is 34.9. The molecule has 1 aliphatic heterocycles. The molecule has 110 valence electrons. The van der Waals surface area contributed by atoms with Crippen molar-refractivity contribution >= 4 is 11.6 Å². The van der Waals surface area contributed by atoms with Gasteiger partial charge in [-0.25, -0.2) is 0 Å². The Labute approximate surface area is 128 Å². The second-order valence-electron chi connectivity index (χ2n) is 6.96. The monoisotopic (exact) mass is 291 g/mol. The maximum atomic E-state index is 6.23. The molecule has 1 saturated heterocycles. The van der Waals surface area contributed by atoms with Gasteiger partial charge in [0.2, 0.25) is 0 Å². The van der Waals surface area contributed by atoms with E-state index in [0.717, 1.165) is 17.5 Å². The van der Waals surface area contributed by atoms with Crippen molar-refractivity contribution < 1.29 is 0 Å². The van der Waals surface area contributed by atoms with Crippen molar-refractivity contribution in [2.75, 3.05) is 13.1 Å². The summed E-state index contributed by atoms with van der Waals surface area (Å²) < 4.78 is 0. The lowest BCUT2D eigenvalue weighted by Gasteiger charge is -2.45. The van der Waals surface area contributed by atoms with Gasteiger partial charge in [-0.05, 0) is 54.8 Å². The molecule has 0 radical (unpaired) electrons. The van der Waals surface area contributed by atoms with Crippen molar-refractivity contribution in [3.05, 3.63) is 34.9 Å². The molecule has 0 aromatic heterocycles. The minimum atomic E-state index is 0.515. The molecule has 1 saturated carbocycles. The van der Waals surface area contributed by atoms with Crippen LogP contribution < -0.4 is 5.32 Å². The van der Waals surface area contributed by atoms with E-state index in [-0.39, 0.29) is 0 Å². The van der Waals surface area contributed by atoms with Crippen LogP contribution >= 0.6 is 11.6 Å². The van der Waals surface area contributed by atoms with Crippen LogP contribution in [-0.4, -0.2) is 13.1 Å². The Kier molecular flexibility index (Phi) is 4.37. The van der Waals surface area contributed by atoms with Crippen LogP contribution in [-0.2, 0) is 0 Å². The number of hydrogen-bond donors (Lipinski definition) is 1. The average Bonchev–Trinajstić information content (AvgIpc) is 2.63. The Morgan fingerprint density at radius 3 is 2.95 bits per heavy atom. The Morgan fingerprint density at radius 2 is 2.10 bits per heavy atom. The molecule has 1 aromatic carbocycles. The van der Waals surface area contributed by atoms with Gasteiger partial charge in [-0.1, -0.05) is 49.9 Å². The highest BCUT2D eigenvalue weighted by Gasteiger charge is 2.41. The lowest BCUT2D eigenvalue weighted by Crippen LogP contribution is -2.43. The summed E-state index contributed by atoms with van der Waals surface area (Å²) in [7, 11) is 0. The highest BCUT2D eigenvalue weighted by Crippen LogP contribution is 2.50. The molecular weight excluding hydrogens is 266 g/mol. The van der Waals surface area contributed by atoms with Crippen LogP contribution in [0, 0.1) is 11.3 Å². The number of hydrogen-bond acceptors (Lipinski definition) is 1. The summed E-state index contributed by atoms with van der Waals surface area (Å²) in [5, 5.41) is 4.49. The summed E-state index contributed by atoms with van der Waals surface area (Å²) in [6.45, 7) is 4.73. The number of rotatable bonds is 1. The Bertz CT molecular complexity index is 458. The van der Waals surface area contributed by atoms with Crippen molar-refractivity contribution in [1.82, 2.24) is 5.32 Å². The maximum Gasteiger partial charge on any atom is 0.0408 e. The molecule has 3 unspecified atom stereocenters. The van der Waals surface area contributed by atoms with E-state index in [1.807, 2.05) is 6.07 Å². The number of benzene rings is 1. The van der Waals surface area contributed by atoms with Crippen molar-refractivity contribution in [1.29, 1.82) is 0 Å². The fourth-order valence-electron chi connectivity index (χ4n) is 4.37. The van der Waals surface area contributed by atoms with Gasteiger partial charge in [0.1, 0.15) is 0 Å². The molecule has 2 aliphatic rings. The van der Waals surface area contributed by atoms with Gasteiger partial charge in [0.15, 0.2) is 0 Å². The quantitative estimate of drug-likeness (QED) is 0.767. The highest BCUT2D eigenvalue weighted by atomic mass is 35.5. The molecule has 1 N–H and O–H groups in total. The van der Waals surface area contributed by atoms with Gasteiger partial charge in [-0.2, -0.15) is 0 Å². The van der Waals surface area contributed by atoms with Gasteiger partial charge < -0.3 is 5.32 Å². The molecule has 1 aromatic rings. The molecule has 20 heavy (non-hydrogen) atoms. The van der Waals surface area contributed by atoms with Crippen molar-refractivity contribution in [2.24, 2.45) is 11.3 Å². The first-order valence-corrected chi connectivity index (χ1v) is 8.54. The zero-order valence-electron chi connectivity index (χ0n) is 12.5. The topological polar surface area (TPSA) is 12.0 Å². The van der Waals surface area contributed by atoms with E-state index < -0.39 is 0 Å². The van der Waals surface area contributed by atoms with Gasteiger partial charge in [-0.3, -0.25) is 0 Å². The van der Waals surface area contributed by atoms with Crippen LogP contribution in [0.25, 0.3) is 0 Å². The van der Waals surface area contributed by atoms with Crippen LogP contribution in [0.2, 0.25) is 5.02 Å². The Hall–Kier alpha value is -0.530. The smallest absolute Gasteiger partial charge is 0.0408 e. The Morgan fingerprint density at radius 1 is 1.20 bits per heavy atom. The largest absolute Gasteiger partial charge is 0.316 e. The summed E-state index contributed by atoms with van der Waals surface area (Å²) in [6, 6.07) is 8.57. The predicted molar refractivity (Wildman–Crippen MR) is 86.4 cm³/mol. The molecular formula is C18H26ClN. The fraction of sp³-hybridized carbons (Fsp3) is 0.667. The van der Waals surface area contributed by atoms with E-state index in [9.17, 15) is 0 Å². The van der Waals surface area contributed by atoms with Gasteiger partial charge in [0.25, 0.3) is 0 Å². The minimum absolute atomic E-state index is 0.515. The van der Waals surface area contributed by atoms with E-state index in [1.54, 1.807) is 0 Å². The first kappa shape index (κ1) is 14.4. The summed E-state index contributed by atoms with van der Waals surface area (Å²) in [6.07, 6.45) is 8.34. The maximum absolute atomic E-state index is 6.23. The van der Waals surface area contributed by atoms with Gasteiger partial charge in [-0.15, -0.1) is 0 Å². The molecule has 2 heteroatoms. The van der Waals surface area contributed by atoms with E-state index in [2.05, 4.69) is 30.4 Å². The molecule has 1 nitrogen and oxygen atoms in total. The van der Waals surface area contributed by atoms with Crippen LogP contribution in [0.5, 0.6) is 0 Å². The van der Waals surface area contributed by atoms with E-state index in [0.29, 0.717) is 11.3 Å². The molecule has 0 bridgehead atoms. The van der Waals surface area contributed by atoms with Crippen LogP contribution in [0.1, 0.15) is 56.9 Å². The molecule has 0 amide bonds.